The summed E-state index contributed by atoms with van der Waals surface area (Å²) < 4.78 is 10.3. The van der Waals surface area contributed by atoms with Crippen molar-refractivity contribution in [1.82, 2.24) is 15.0 Å². The molecule has 22 heavy (non-hydrogen) atoms. The summed E-state index contributed by atoms with van der Waals surface area (Å²) in [6.45, 7) is 2.75. The van der Waals surface area contributed by atoms with Crippen molar-refractivity contribution >= 4 is 0 Å². The third-order valence-corrected chi connectivity index (χ3v) is 3.57. The minimum atomic E-state index is -0.538. The van der Waals surface area contributed by atoms with E-state index in [4.69, 9.17) is 9.26 Å². The van der Waals surface area contributed by atoms with Gasteiger partial charge in [0.2, 0.25) is 5.89 Å². The Morgan fingerprint density at radius 3 is 2.73 bits per heavy atom. The Hall–Kier alpha value is -1.76. The zero-order valence-electron chi connectivity index (χ0n) is 13.3. The molecule has 2 rings (SSSR count). The van der Waals surface area contributed by atoms with Crippen molar-refractivity contribution < 1.29 is 14.4 Å². The molecule has 2 aromatic rings. The number of aliphatic hydroxyl groups is 1. The highest BCUT2D eigenvalue weighted by Crippen LogP contribution is 2.18. The van der Waals surface area contributed by atoms with Crippen LogP contribution in [-0.2, 0) is 11.2 Å². The van der Waals surface area contributed by atoms with Gasteiger partial charge >= 0.3 is 0 Å². The summed E-state index contributed by atoms with van der Waals surface area (Å²) in [5.41, 5.74) is 1.14. The van der Waals surface area contributed by atoms with Crippen molar-refractivity contribution in [2.75, 3.05) is 27.3 Å². The second kappa shape index (κ2) is 8.03. The first-order valence-corrected chi connectivity index (χ1v) is 7.33. The molecule has 6 heteroatoms. The lowest BCUT2D eigenvalue weighted by atomic mass is 10.1. The summed E-state index contributed by atoms with van der Waals surface area (Å²) in [6.07, 6.45) is 0.108. The second-order valence-corrected chi connectivity index (χ2v) is 5.44. The largest absolute Gasteiger partial charge is 0.389 e. The van der Waals surface area contributed by atoms with Gasteiger partial charge in [-0.05, 0) is 19.5 Å². The Labute approximate surface area is 130 Å². The van der Waals surface area contributed by atoms with E-state index in [1.165, 1.54) is 0 Å². The molecule has 2 atom stereocenters. The molecule has 0 saturated heterocycles. The van der Waals surface area contributed by atoms with Crippen LogP contribution in [0.4, 0.5) is 0 Å². The molecule has 1 aromatic carbocycles. The molecule has 0 amide bonds. The maximum absolute atomic E-state index is 9.78. The highest BCUT2D eigenvalue weighted by atomic mass is 16.5. The first-order valence-electron chi connectivity index (χ1n) is 7.33. The van der Waals surface area contributed by atoms with Crippen LogP contribution < -0.4 is 0 Å². The molecule has 0 aliphatic rings. The molecular formula is C16H23N3O3. The van der Waals surface area contributed by atoms with E-state index in [9.17, 15) is 5.11 Å². The highest BCUT2D eigenvalue weighted by molar-refractivity contribution is 5.18. The molecule has 0 aliphatic heterocycles. The van der Waals surface area contributed by atoms with Gasteiger partial charge < -0.3 is 14.4 Å². The van der Waals surface area contributed by atoms with Gasteiger partial charge in [0.15, 0.2) is 5.82 Å². The van der Waals surface area contributed by atoms with E-state index in [-0.39, 0.29) is 6.04 Å². The second-order valence-electron chi connectivity index (χ2n) is 5.44. The minimum Gasteiger partial charge on any atom is -0.389 e. The van der Waals surface area contributed by atoms with Crippen molar-refractivity contribution in [3.05, 3.63) is 47.6 Å². The van der Waals surface area contributed by atoms with Crippen LogP contribution in [0.1, 0.15) is 30.2 Å². The Bertz CT molecular complexity index is 559. The topological polar surface area (TPSA) is 71.6 Å². The smallest absolute Gasteiger partial charge is 0.243 e. The number of ether oxygens (including phenoxy) is 1. The summed E-state index contributed by atoms with van der Waals surface area (Å²) in [5.74, 6) is 1.22. The highest BCUT2D eigenvalue weighted by Gasteiger charge is 2.20. The number of aromatic nitrogens is 2. The predicted molar refractivity (Wildman–Crippen MR) is 82.5 cm³/mol. The van der Waals surface area contributed by atoms with Gasteiger partial charge in [-0.1, -0.05) is 35.5 Å². The van der Waals surface area contributed by atoms with Crippen molar-refractivity contribution in [3.8, 4) is 0 Å². The Balaban J connectivity index is 1.95. The zero-order chi connectivity index (χ0) is 15.9. The summed E-state index contributed by atoms with van der Waals surface area (Å²) in [4.78, 5) is 6.41. The molecule has 1 N–H and O–H groups in total. The third kappa shape index (κ3) is 4.62. The van der Waals surface area contributed by atoms with E-state index in [0.717, 1.165) is 5.56 Å². The number of aliphatic hydroxyl groups excluding tert-OH is 1. The van der Waals surface area contributed by atoms with Gasteiger partial charge in [0, 0.05) is 20.1 Å². The van der Waals surface area contributed by atoms with Crippen LogP contribution in [0.25, 0.3) is 0 Å². The van der Waals surface area contributed by atoms with Crippen LogP contribution in [0.15, 0.2) is 34.9 Å². The summed E-state index contributed by atoms with van der Waals surface area (Å²) in [6, 6.07) is 9.96. The standard InChI is InChI=1S/C16H23N3O3/c1-12(19(2)10-14(20)11-21-3)16-17-15(18-22-16)9-13-7-5-4-6-8-13/h4-8,12,14,20H,9-11H2,1-3H3. The SMILES string of the molecule is COCC(O)CN(C)C(C)c1nc(Cc2ccccc2)no1. The fourth-order valence-corrected chi connectivity index (χ4v) is 2.21. The molecule has 0 spiro atoms. The van der Waals surface area contributed by atoms with Crippen LogP contribution in [0, 0.1) is 0 Å². The Morgan fingerprint density at radius 1 is 1.32 bits per heavy atom. The van der Waals surface area contributed by atoms with E-state index >= 15 is 0 Å². The number of hydrogen-bond acceptors (Lipinski definition) is 6. The van der Waals surface area contributed by atoms with E-state index in [1.807, 2.05) is 49.2 Å². The lowest BCUT2D eigenvalue weighted by molar-refractivity contribution is 0.0325. The number of benzene rings is 1. The van der Waals surface area contributed by atoms with Gasteiger partial charge in [0.1, 0.15) is 0 Å². The van der Waals surface area contributed by atoms with Crippen LogP contribution in [0.2, 0.25) is 0 Å². The molecule has 0 fully saturated rings. The molecule has 0 saturated carbocycles. The molecule has 0 radical (unpaired) electrons. The average Bonchev–Trinajstić information content (AvgIpc) is 2.96. The Kier molecular flexibility index (Phi) is 6.06. The molecule has 0 aliphatic carbocycles. The van der Waals surface area contributed by atoms with E-state index in [1.54, 1.807) is 7.11 Å². The van der Waals surface area contributed by atoms with Gasteiger partial charge in [-0.15, -0.1) is 0 Å². The maximum atomic E-state index is 9.78. The monoisotopic (exact) mass is 305 g/mol. The van der Waals surface area contributed by atoms with Gasteiger partial charge in [0.25, 0.3) is 0 Å². The normalized spacial score (nSPS) is 14.2. The minimum absolute atomic E-state index is 0.0662. The Morgan fingerprint density at radius 2 is 2.05 bits per heavy atom. The summed E-state index contributed by atoms with van der Waals surface area (Å²) in [5, 5.41) is 13.8. The summed E-state index contributed by atoms with van der Waals surface area (Å²) >= 11 is 0. The van der Waals surface area contributed by atoms with Crippen LogP contribution in [-0.4, -0.2) is 53.6 Å². The quantitative estimate of drug-likeness (QED) is 0.800. The number of methoxy groups -OCH3 is 1. The lowest BCUT2D eigenvalue weighted by Gasteiger charge is -2.23. The van der Waals surface area contributed by atoms with Crippen LogP contribution >= 0.6 is 0 Å². The number of nitrogens with zero attached hydrogens (tertiary/aromatic N) is 3. The van der Waals surface area contributed by atoms with E-state index in [2.05, 4.69) is 10.1 Å². The molecule has 2 unspecified atom stereocenters. The molecule has 1 heterocycles. The summed E-state index contributed by atoms with van der Waals surface area (Å²) in [7, 11) is 3.48. The van der Waals surface area contributed by atoms with Crippen molar-refractivity contribution in [2.24, 2.45) is 0 Å². The van der Waals surface area contributed by atoms with Crippen LogP contribution in [0.5, 0.6) is 0 Å². The molecule has 0 bridgehead atoms. The molecule has 1 aromatic heterocycles. The van der Waals surface area contributed by atoms with Crippen LogP contribution in [0.3, 0.4) is 0 Å². The fourth-order valence-electron chi connectivity index (χ4n) is 2.21. The van der Waals surface area contributed by atoms with Crippen molar-refractivity contribution in [3.63, 3.8) is 0 Å². The van der Waals surface area contributed by atoms with Gasteiger partial charge in [-0.2, -0.15) is 4.98 Å². The number of hydrogen-bond donors (Lipinski definition) is 1. The van der Waals surface area contributed by atoms with Gasteiger partial charge in [-0.25, -0.2) is 0 Å². The third-order valence-electron chi connectivity index (χ3n) is 3.57. The first-order chi connectivity index (χ1) is 10.6. The number of likely N-dealkylation sites (N-methyl/N-ethyl adjacent to an activating group) is 1. The zero-order valence-corrected chi connectivity index (χ0v) is 13.3. The van der Waals surface area contributed by atoms with Gasteiger partial charge in [0.05, 0.1) is 18.8 Å². The van der Waals surface area contributed by atoms with Crippen molar-refractivity contribution in [2.45, 2.75) is 25.5 Å². The molecule has 6 nitrogen and oxygen atoms in total. The molecular weight excluding hydrogens is 282 g/mol. The van der Waals surface area contributed by atoms with Crippen molar-refractivity contribution in [1.29, 1.82) is 0 Å². The first kappa shape index (κ1) is 16.6. The fraction of sp³-hybridized carbons (Fsp3) is 0.500. The molecule has 120 valence electrons. The van der Waals surface area contributed by atoms with E-state index < -0.39 is 6.10 Å². The predicted octanol–water partition coefficient (Wildman–Crippen LogP) is 1.66. The number of rotatable bonds is 8. The van der Waals surface area contributed by atoms with Gasteiger partial charge in [-0.3, -0.25) is 4.90 Å². The van der Waals surface area contributed by atoms with E-state index in [0.29, 0.717) is 31.3 Å². The average molecular weight is 305 g/mol. The maximum Gasteiger partial charge on any atom is 0.243 e. The lowest BCUT2D eigenvalue weighted by Crippen LogP contribution is -2.33.